The summed E-state index contributed by atoms with van der Waals surface area (Å²) in [6.45, 7) is 1.87. The van der Waals surface area contributed by atoms with Crippen LogP contribution in [0.15, 0.2) is 10.7 Å². The van der Waals surface area contributed by atoms with E-state index in [1.807, 2.05) is 6.92 Å². The molecule has 0 bridgehead atoms. The van der Waals surface area contributed by atoms with Gasteiger partial charge in [-0.25, -0.2) is 4.98 Å². The Bertz CT molecular complexity index is 235. The third-order valence-corrected chi connectivity index (χ3v) is 2.81. The maximum absolute atomic E-state index is 5.76. The molecule has 0 amide bonds. The highest BCUT2D eigenvalue weighted by Gasteiger charge is 2.04. The second-order valence-corrected chi connectivity index (χ2v) is 3.43. The lowest BCUT2D eigenvalue weighted by Crippen LogP contribution is -1.82. The lowest BCUT2D eigenvalue weighted by Gasteiger charge is -2.00. The molecule has 0 aromatic carbocycles. The molecule has 0 N–H and O–H groups in total. The number of rotatable bonds is 0. The van der Waals surface area contributed by atoms with Crippen molar-refractivity contribution < 1.29 is 0 Å². The molecule has 1 heterocycles. The van der Waals surface area contributed by atoms with Crippen molar-refractivity contribution in [1.29, 1.82) is 0 Å². The van der Waals surface area contributed by atoms with Gasteiger partial charge in [-0.1, -0.05) is 23.2 Å². The Morgan fingerprint density at radius 3 is 2.60 bits per heavy atom. The highest BCUT2D eigenvalue weighted by atomic mass is 79.9. The molecule has 1 rings (SSSR count). The van der Waals surface area contributed by atoms with Crippen LogP contribution in [0.3, 0.4) is 0 Å². The van der Waals surface area contributed by atoms with Gasteiger partial charge in [0.2, 0.25) is 0 Å². The first-order chi connectivity index (χ1) is 4.63. The molecule has 0 radical (unpaired) electrons. The van der Waals surface area contributed by atoms with Gasteiger partial charge in [0, 0.05) is 10.7 Å². The largest absolute Gasteiger partial charge is 0.242 e. The molecule has 0 saturated heterocycles. The number of hydrogen-bond acceptors (Lipinski definition) is 1. The van der Waals surface area contributed by atoms with Gasteiger partial charge in [-0.3, -0.25) is 0 Å². The fourth-order valence-corrected chi connectivity index (χ4v) is 1.28. The predicted molar refractivity (Wildman–Crippen MR) is 46.7 cm³/mol. The lowest BCUT2D eigenvalue weighted by atomic mass is 10.3. The minimum atomic E-state index is 0.349. The van der Waals surface area contributed by atoms with E-state index in [0.717, 1.165) is 10.0 Å². The van der Waals surface area contributed by atoms with Crippen LogP contribution in [-0.2, 0) is 0 Å². The van der Waals surface area contributed by atoms with E-state index in [4.69, 9.17) is 23.2 Å². The average Bonchev–Trinajstić information content (AvgIpc) is 1.93. The number of aromatic nitrogens is 1. The topological polar surface area (TPSA) is 12.9 Å². The molecule has 10 heavy (non-hydrogen) atoms. The highest BCUT2D eigenvalue weighted by Crippen LogP contribution is 2.28. The minimum absolute atomic E-state index is 0.349. The van der Waals surface area contributed by atoms with Gasteiger partial charge in [0.1, 0.15) is 5.15 Å². The van der Waals surface area contributed by atoms with Gasteiger partial charge in [-0.2, -0.15) is 0 Å². The second-order valence-electron chi connectivity index (χ2n) is 1.84. The summed E-state index contributed by atoms with van der Waals surface area (Å²) in [5, 5.41) is 0.860. The van der Waals surface area contributed by atoms with Crippen molar-refractivity contribution in [2.24, 2.45) is 0 Å². The molecule has 0 aliphatic heterocycles. The van der Waals surface area contributed by atoms with Gasteiger partial charge in [-0.15, -0.1) is 0 Å². The van der Waals surface area contributed by atoms with Crippen molar-refractivity contribution in [3.8, 4) is 0 Å². The number of nitrogens with zero attached hydrogens (tertiary/aromatic N) is 1. The van der Waals surface area contributed by atoms with Crippen LogP contribution in [0.1, 0.15) is 5.56 Å². The molecule has 0 aliphatic rings. The maximum atomic E-state index is 5.76. The summed E-state index contributed by atoms with van der Waals surface area (Å²) < 4.78 is 0.877. The van der Waals surface area contributed by atoms with Crippen molar-refractivity contribution >= 4 is 39.1 Å². The van der Waals surface area contributed by atoms with Crippen molar-refractivity contribution in [2.75, 3.05) is 0 Å². The summed E-state index contributed by atoms with van der Waals surface area (Å²) >= 11 is 14.7. The summed E-state index contributed by atoms with van der Waals surface area (Å²) in [7, 11) is 0. The fraction of sp³-hybridized carbons (Fsp3) is 0.167. The fourth-order valence-electron chi connectivity index (χ4n) is 0.526. The van der Waals surface area contributed by atoms with Crippen molar-refractivity contribution in [1.82, 2.24) is 4.98 Å². The van der Waals surface area contributed by atoms with Crippen LogP contribution < -0.4 is 0 Å². The molecule has 1 nitrogen and oxygen atoms in total. The molecule has 0 atom stereocenters. The molecule has 4 heteroatoms. The van der Waals surface area contributed by atoms with Gasteiger partial charge >= 0.3 is 0 Å². The van der Waals surface area contributed by atoms with E-state index in [2.05, 4.69) is 20.9 Å². The average molecular weight is 241 g/mol. The molecule has 1 aromatic rings. The van der Waals surface area contributed by atoms with Crippen LogP contribution in [0.2, 0.25) is 10.2 Å². The summed E-state index contributed by atoms with van der Waals surface area (Å²) in [6.07, 6.45) is 1.63. The molecular formula is C6H4BrCl2N. The van der Waals surface area contributed by atoms with Gasteiger partial charge in [0.15, 0.2) is 0 Å². The highest BCUT2D eigenvalue weighted by molar-refractivity contribution is 9.10. The molecule has 0 saturated carbocycles. The Labute approximate surface area is 77.5 Å². The van der Waals surface area contributed by atoms with Gasteiger partial charge in [-0.05, 0) is 28.4 Å². The molecule has 0 fully saturated rings. The Hall–Kier alpha value is 0.210. The third kappa shape index (κ3) is 1.44. The zero-order valence-corrected chi connectivity index (χ0v) is 8.26. The Balaban J connectivity index is 3.34. The Morgan fingerprint density at radius 2 is 2.10 bits per heavy atom. The van der Waals surface area contributed by atoms with E-state index in [1.54, 1.807) is 6.20 Å². The van der Waals surface area contributed by atoms with Crippen molar-refractivity contribution in [3.05, 3.63) is 26.4 Å². The maximum Gasteiger partial charge on any atom is 0.147 e. The van der Waals surface area contributed by atoms with Crippen LogP contribution in [0.4, 0.5) is 0 Å². The van der Waals surface area contributed by atoms with E-state index >= 15 is 0 Å². The van der Waals surface area contributed by atoms with Crippen LogP contribution >= 0.6 is 39.1 Å². The predicted octanol–water partition coefficient (Wildman–Crippen LogP) is 3.46. The molecule has 1 aromatic heterocycles. The standard InChI is InChI=1S/C6H4BrCl2N/c1-3-4(7)2-10-6(9)5(3)8/h2H,1H3. The third-order valence-electron chi connectivity index (χ3n) is 1.16. The smallest absolute Gasteiger partial charge is 0.147 e. The van der Waals surface area contributed by atoms with Gasteiger partial charge in [0.05, 0.1) is 5.02 Å². The molecule has 54 valence electrons. The summed E-state index contributed by atoms with van der Waals surface area (Å²) in [5.74, 6) is 0. The SMILES string of the molecule is Cc1c(Br)cnc(Cl)c1Cl. The normalized spacial score (nSPS) is 10.0. The first kappa shape index (κ1) is 8.31. The molecule has 0 unspecified atom stereocenters. The second kappa shape index (κ2) is 3.07. The minimum Gasteiger partial charge on any atom is -0.242 e. The number of hydrogen-bond donors (Lipinski definition) is 0. The molecular weight excluding hydrogens is 237 g/mol. The van der Waals surface area contributed by atoms with Gasteiger partial charge in [0.25, 0.3) is 0 Å². The van der Waals surface area contributed by atoms with Crippen molar-refractivity contribution in [2.45, 2.75) is 6.92 Å². The monoisotopic (exact) mass is 239 g/mol. The first-order valence-electron chi connectivity index (χ1n) is 2.59. The lowest BCUT2D eigenvalue weighted by molar-refractivity contribution is 1.26. The zero-order chi connectivity index (χ0) is 7.72. The number of pyridine rings is 1. The van der Waals surface area contributed by atoms with Crippen LogP contribution in [0.25, 0.3) is 0 Å². The summed E-state index contributed by atoms with van der Waals surface area (Å²) in [4.78, 5) is 3.83. The summed E-state index contributed by atoms with van der Waals surface area (Å²) in [6, 6.07) is 0. The van der Waals surface area contributed by atoms with E-state index in [-0.39, 0.29) is 0 Å². The van der Waals surface area contributed by atoms with E-state index in [9.17, 15) is 0 Å². The number of halogens is 3. The van der Waals surface area contributed by atoms with E-state index in [1.165, 1.54) is 0 Å². The summed E-state index contributed by atoms with van der Waals surface area (Å²) in [5.41, 5.74) is 0.918. The Morgan fingerprint density at radius 1 is 1.50 bits per heavy atom. The van der Waals surface area contributed by atoms with E-state index in [0.29, 0.717) is 10.2 Å². The quantitative estimate of drug-likeness (QED) is 0.633. The molecule has 0 aliphatic carbocycles. The molecule has 0 spiro atoms. The Kier molecular flexibility index (Phi) is 2.55. The van der Waals surface area contributed by atoms with Crippen LogP contribution in [0.5, 0.6) is 0 Å². The van der Waals surface area contributed by atoms with Crippen LogP contribution in [-0.4, -0.2) is 4.98 Å². The zero-order valence-electron chi connectivity index (χ0n) is 5.16. The van der Waals surface area contributed by atoms with E-state index < -0.39 is 0 Å². The van der Waals surface area contributed by atoms with Gasteiger partial charge < -0.3 is 0 Å². The van der Waals surface area contributed by atoms with Crippen molar-refractivity contribution in [3.63, 3.8) is 0 Å². The first-order valence-corrected chi connectivity index (χ1v) is 4.14. The van der Waals surface area contributed by atoms with Crippen LogP contribution in [0, 0.1) is 6.92 Å².